The summed E-state index contributed by atoms with van der Waals surface area (Å²) in [5.41, 5.74) is 1.27. The van der Waals surface area contributed by atoms with Crippen LogP contribution in [-0.4, -0.2) is 51.3 Å². The molecule has 3 heterocycles. The minimum absolute atomic E-state index is 0.0495. The van der Waals surface area contributed by atoms with Crippen LogP contribution in [0.15, 0.2) is 61.1 Å². The third-order valence-electron chi connectivity index (χ3n) is 6.24. The number of nitrogens with zero attached hydrogens (tertiary/aromatic N) is 3. The second-order valence-corrected chi connectivity index (χ2v) is 9.26. The number of imidazole rings is 1. The molecule has 7 nitrogen and oxygen atoms in total. The molecule has 1 aliphatic heterocycles. The SMILES string of the molecule is CC(C)(NC(=O)COc1ccccc1)C(=O)N1CCC[C@H](Cc2cccn3ccnc23)CC1. The highest BCUT2D eigenvalue weighted by atomic mass is 16.5. The Labute approximate surface area is 194 Å². The molecule has 1 aromatic carbocycles. The number of ether oxygens (including phenoxy) is 1. The molecule has 7 heteroatoms. The molecule has 0 bridgehead atoms. The highest BCUT2D eigenvalue weighted by Gasteiger charge is 2.34. The van der Waals surface area contributed by atoms with Gasteiger partial charge >= 0.3 is 0 Å². The molecule has 1 fully saturated rings. The Bertz CT molecular complexity index is 1090. The highest BCUT2D eigenvalue weighted by Crippen LogP contribution is 2.25. The number of carbonyl (C=O) groups excluding carboxylic acids is 2. The van der Waals surface area contributed by atoms with Gasteiger partial charge in [-0.15, -0.1) is 0 Å². The normalized spacial score (nSPS) is 16.9. The van der Waals surface area contributed by atoms with Crippen molar-refractivity contribution >= 4 is 17.5 Å². The maximum absolute atomic E-state index is 13.2. The summed E-state index contributed by atoms with van der Waals surface area (Å²) in [6, 6.07) is 13.4. The number of para-hydroxylation sites is 1. The van der Waals surface area contributed by atoms with E-state index in [9.17, 15) is 9.59 Å². The first-order chi connectivity index (χ1) is 15.9. The number of aromatic nitrogens is 2. The van der Waals surface area contributed by atoms with E-state index >= 15 is 0 Å². The van der Waals surface area contributed by atoms with Gasteiger partial charge < -0.3 is 19.4 Å². The van der Waals surface area contributed by atoms with Gasteiger partial charge in [0.2, 0.25) is 5.91 Å². The van der Waals surface area contributed by atoms with Gasteiger partial charge in [0.1, 0.15) is 16.9 Å². The fourth-order valence-electron chi connectivity index (χ4n) is 4.55. The van der Waals surface area contributed by atoms with E-state index in [-0.39, 0.29) is 18.4 Å². The fourth-order valence-corrected chi connectivity index (χ4v) is 4.55. The number of nitrogens with one attached hydrogen (secondary N) is 1. The number of pyridine rings is 1. The zero-order valence-corrected chi connectivity index (χ0v) is 19.4. The lowest BCUT2D eigenvalue weighted by Crippen LogP contribution is -2.57. The highest BCUT2D eigenvalue weighted by molar-refractivity contribution is 5.91. The van der Waals surface area contributed by atoms with Crippen LogP contribution in [0.3, 0.4) is 0 Å². The maximum Gasteiger partial charge on any atom is 0.258 e. The number of likely N-dealkylation sites (tertiary alicyclic amines) is 1. The van der Waals surface area contributed by atoms with Crippen molar-refractivity contribution in [3.05, 3.63) is 66.6 Å². The van der Waals surface area contributed by atoms with Crippen LogP contribution < -0.4 is 10.1 Å². The maximum atomic E-state index is 13.2. The molecular formula is C26H32N4O3. The Balaban J connectivity index is 1.30. The van der Waals surface area contributed by atoms with Crippen molar-refractivity contribution in [1.82, 2.24) is 19.6 Å². The third-order valence-corrected chi connectivity index (χ3v) is 6.24. The van der Waals surface area contributed by atoms with Crippen LogP contribution >= 0.6 is 0 Å². The van der Waals surface area contributed by atoms with Gasteiger partial charge in [-0.05, 0) is 69.2 Å². The lowest BCUT2D eigenvalue weighted by Gasteiger charge is -2.32. The minimum Gasteiger partial charge on any atom is -0.484 e. The third kappa shape index (κ3) is 5.72. The van der Waals surface area contributed by atoms with Crippen LogP contribution in [0.5, 0.6) is 5.75 Å². The van der Waals surface area contributed by atoms with Crippen LogP contribution in [0.4, 0.5) is 0 Å². The molecule has 174 valence electrons. The smallest absolute Gasteiger partial charge is 0.258 e. The predicted molar refractivity (Wildman–Crippen MR) is 127 cm³/mol. The molecule has 2 aromatic heterocycles. The first-order valence-electron chi connectivity index (χ1n) is 11.6. The predicted octanol–water partition coefficient (Wildman–Crippen LogP) is 3.48. The van der Waals surface area contributed by atoms with Gasteiger partial charge in [0.15, 0.2) is 6.61 Å². The van der Waals surface area contributed by atoms with E-state index in [1.165, 1.54) is 5.56 Å². The summed E-state index contributed by atoms with van der Waals surface area (Å²) in [5, 5.41) is 2.85. The average molecular weight is 449 g/mol. The van der Waals surface area contributed by atoms with E-state index in [2.05, 4.69) is 26.8 Å². The molecule has 0 spiro atoms. The largest absolute Gasteiger partial charge is 0.484 e. The Hall–Kier alpha value is -3.35. The number of benzene rings is 1. The fraction of sp³-hybridized carbons (Fsp3) is 0.423. The topological polar surface area (TPSA) is 75.9 Å². The van der Waals surface area contributed by atoms with Gasteiger partial charge in [0.05, 0.1) is 0 Å². The van der Waals surface area contributed by atoms with E-state index < -0.39 is 5.54 Å². The van der Waals surface area contributed by atoms with Crippen LogP contribution in [0.25, 0.3) is 5.65 Å². The molecule has 1 N–H and O–H groups in total. The summed E-state index contributed by atoms with van der Waals surface area (Å²) < 4.78 is 7.56. The zero-order chi connectivity index (χ0) is 23.3. The molecule has 0 unspecified atom stereocenters. The summed E-state index contributed by atoms with van der Waals surface area (Å²) in [6.45, 7) is 4.81. The van der Waals surface area contributed by atoms with Crippen LogP contribution in [0.2, 0.25) is 0 Å². The van der Waals surface area contributed by atoms with Gasteiger partial charge in [-0.3, -0.25) is 9.59 Å². The Morgan fingerprint density at radius 3 is 2.73 bits per heavy atom. The molecule has 0 radical (unpaired) electrons. The zero-order valence-electron chi connectivity index (χ0n) is 19.4. The molecule has 1 atom stereocenters. The summed E-state index contributed by atoms with van der Waals surface area (Å²) in [7, 11) is 0. The van der Waals surface area contributed by atoms with E-state index in [1.807, 2.05) is 41.7 Å². The van der Waals surface area contributed by atoms with Crippen molar-refractivity contribution in [2.45, 2.75) is 45.1 Å². The van der Waals surface area contributed by atoms with Gasteiger partial charge in [-0.1, -0.05) is 24.3 Å². The van der Waals surface area contributed by atoms with Crippen LogP contribution in [0, 0.1) is 5.92 Å². The number of amides is 2. The van der Waals surface area contributed by atoms with Gasteiger partial charge in [-0.25, -0.2) is 4.98 Å². The Kier molecular flexibility index (Phi) is 6.96. The van der Waals surface area contributed by atoms with E-state index in [4.69, 9.17) is 4.74 Å². The van der Waals surface area contributed by atoms with Crippen molar-refractivity contribution in [2.24, 2.45) is 5.92 Å². The number of carbonyl (C=O) groups is 2. The number of fused-ring (bicyclic) bond motifs is 1. The molecule has 3 aromatic rings. The molecule has 1 saturated heterocycles. The number of rotatable bonds is 7. The first kappa shape index (κ1) is 22.8. The second kappa shape index (κ2) is 10.1. The summed E-state index contributed by atoms with van der Waals surface area (Å²) in [4.78, 5) is 32.0. The molecule has 0 saturated carbocycles. The lowest BCUT2D eigenvalue weighted by molar-refractivity contribution is -0.140. The van der Waals surface area contributed by atoms with Crippen molar-refractivity contribution in [3.8, 4) is 5.75 Å². The molecule has 4 rings (SSSR count). The summed E-state index contributed by atoms with van der Waals surface area (Å²) in [5.74, 6) is 0.772. The molecule has 1 aliphatic rings. The average Bonchev–Trinajstić information content (AvgIpc) is 3.18. The van der Waals surface area contributed by atoms with Crippen molar-refractivity contribution < 1.29 is 14.3 Å². The van der Waals surface area contributed by atoms with Crippen molar-refractivity contribution in [2.75, 3.05) is 19.7 Å². The van der Waals surface area contributed by atoms with Crippen LogP contribution in [0.1, 0.15) is 38.7 Å². The molecular weight excluding hydrogens is 416 g/mol. The monoisotopic (exact) mass is 448 g/mol. The standard InChI is InChI=1S/C26H32N4O3/c1-26(2,28-23(31)19-33-22-10-4-3-5-11-22)25(32)30-15-6-8-20(12-16-30)18-21-9-7-14-29-17-13-27-24(21)29/h3-5,7,9-11,13-14,17,20H,6,8,12,15-16,18-19H2,1-2H3,(H,28,31)/t20-/m0/s1. The molecule has 33 heavy (non-hydrogen) atoms. The van der Waals surface area contributed by atoms with E-state index in [0.29, 0.717) is 24.8 Å². The van der Waals surface area contributed by atoms with Crippen molar-refractivity contribution in [3.63, 3.8) is 0 Å². The summed E-state index contributed by atoms with van der Waals surface area (Å²) in [6.07, 6.45) is 9.73. The van der Waals surface area contributed by atoms with E-state index in [0.717, 1.165) is 31.3 Å². The minimum atomic E-state index is -0.988. The quantitative estimate of drug-likeness (QED) is 0.600. The first-order valence-corrected chi connectivity index (χ1v) is 11.6. The lowest BCUT2D eigenvalue weighted by atomic mass is 9.93. The van der Waals surface area contributed by atoms with Gasteiger partial charge in [0.25, 0.3) is 5.91 Å². The van der Waals surface area contributed by atoms with E-state index in [1.54, 1.807) is 26.0 Å². The molecule has 0 aliphatic carbocycles. The second-order valence-electron chi connectivity index (χ2n) is 9.26. The molecule has 2 amide bonds. The van der Waals surface area contributed by atoms with Crippen LogP contribution in [-0.2, 0) is 16.0 Å². The van der Waals surface area contributed by atoms with Gasteiger partial charge in [0, 0.05) is 31.7 Å². The number of hydrogen-bond donors (Lipinski definition) is 1. The number of hydrogen-bond acceptors (Lipinski definition) is 4. The Morgan fingerprint density at radius 1 is 1.09 bits per heavy atom. The van der Waals surface area contributed by atoms with Crippen molar-refractivity contribution in [1.29, 1.82) is 0 Å². The van der Waals surface area contributed by atoms with Gasteiger partial charge in [-0.2, -0.15) is 0 Å². The Morgan fingerprint density at radius 2 is 1.91 bits per heavy atom. The summed E-state index contributed by atoms with van der Waals surface area (Å²) >= 11 is 0.